The standard InChI is InChI=1S/C48H80O7Si2/c1-36-27-29-51-43(33-36)25-26-46(55-57(13,14)48(7,8)9)45(52-35-39-21-23-41(50-10)24-22-39)20-15-17-40(49)32-37(2)31-38(3)34-44-19-16-18-42(54-44)28-30-53-56(11,12)47(4,5)6/h15-18,21-27,38,40,42-46,49H,2,19-20,28-35H2,1,3-14H3/b17-15+,26-25+/t38-,40?,42-,43+,44-,45-,46?/m0/s1. The number of ether oxygens (including phenoxy) is 4. The van der Waals surface area contributed by atoms with Gasteiger partial charge < -0.3 is 32.9 Å². The smallest absolute Gasteiger partial charge is 0.193 e. The molecule has 2 aliphatic rings. The molecule has 0 saturated heterocycles. The maximum Gasteiger partial charge on any atom is 0.193 e. The number of hydrogen-bond acceptors (Lipinski definition) is 7. The third kappa shape index (κ3) is 17.2. The summed E-state index contributed by atoms with van der Waals surface area (Å²) < 4.78 is 38.2. The lowest BCUT2D eigenvalue weighted by Crippen LogP contribution is -2.47. The Morgan fingerprint density at radius 1 is 1.00 bits per heavy atom. The fraction of sp³-hybridized carbons (Fsp3) is 0.667. The molecule has 0 amide bonds. The largest absolute Gasteiger partial charge is 0.497 e. The Kier molecular flexibility index (Phi) is 19.4. The molecule has 0 aliphatic carbocycles. The number of hydrogen-bond donors (Lipinski definition) is 1. The highest BCUT2D eigenvalue weighted by Crippen LogP contribution is 2.39. The molecule has 3 rings (SSSR count). The fourth-order valence-corrected chi connectivity index (χ4v) is 8.97. The van der Waals surface area contributed by atoms with Gasteiger partial charge in [-0.05, 0) is 112 Å². The third-order valence-electron chi connectivity index (χ3n) is 12.3. The molecule has 1 aromatic rings. The van der Waals surface area contributed by atoms with Crippen molar-refractivity contribution in [2.24, 2.45) is 5.92 Å². The molecule has 0 fully saturated rings. The van der Waals surface area contributed by atoms with E-state index in [0.717, 1.165) is 55.6 Å². The summed E-state index contributed by atoms with van der Waals surface area (Å²) in [5, 5.41) is 11.4. The molecule has 0 spiro atoms. The number of methoxy groups -OCH3 is 1. The van der Waals surface area contributed by atoms with Crippen LogP contribution >= 0.6 is 0 Å². The van der Waals surface area contributed by atoms with Crippen LogP contribution in [0.25, 0.3) is 0 Å². The Labute approximate surface area is 350 Å². The van der Waals surface area contributed by atoms with Crippen LogP contribution < -0.4 is 4.74 Å². The summed E-state index contributed by atoms with van der Waals surface area (Å²) in [6.45, 7) is 33.4. The number of aliphatic hydroxyl groups is 1. The van der Waals surface area contributed by atoms with Crippen LogP contribution in [0.15, 0.2) is 84.5 Å². The monoisotopic (exact) mass is 825 g/mol. The van der Waals surface area contributed by atoms with Gasteiger partial charge in [0.15, 0.2) is 16.6 Å². The lowest BCUT2D eigenvalue weighted by Gasteiger charge is -2.40. The lowest BCUT2D eigenvalue weighted by atomic mass is 9.91. The number of aliphatic hydroxyl groups excluding tert-OH is 1. The van der Waals surface area contributed by atoms with Gasteiger partial charge in [0, 0.05) is 6.61 Å². The first-order valence-corrected chi connectivity index (χ1v) is 27.3. The van der Waals surface area contributed by atoms with E-state index in [0.29, 0.717) is 32.0 Å². The average Bonchev–Trinajstić information content (AvgIpc) is 3.10. The Bertz CT molecular complexity index is 1480. The van der Waals surface area contributed by atoms with Crippen LogP contribution in [-0.4, -0.2) is 78.7 Å². The van der Waals surface area contributed by atoms with Gasteiger partial charge in [0.1, 0.15) is 5.75 Å². The number of benzene rings is 1. The van der Waals surface area contributed by atoms with Crippen molar-refractivity contribution in [3.05, 3.63) is 90.1 Å². The average molecular weight is 825 g/mol. The second-order valence-electron chi connectivity index (χ2n) is 19.6. The van der Waals surface area contributed by atoms with Crippen molar-refractivity contribution in [2.75, 3.05) is 20.3 Å². The highest BCUT2D eigenvalue weighted by Gasteiger charge is 2.41. The van der Waals surface area contributed by atoms with E-state index in [1.165, 1.54) is 5.57 Å². The minimum atomic E-state index is -2.19. The van der Waals surface area contributed by atoms with Crippen LogP contribution in [-0.2, 0) is 29.7 Å². The fourth-order valence-electron chi connectivity index (χ4n) is 6.64. The van der Waals surface area contributed by atoms with E-state index >= 15 is 0 Å². The Morgan fingerprint density at radius 3 is 2.32 bits per heavy atom. The van der Waals surface area contributed by atoms with Crippen molar-refractivity contribution in [2.45, 2.75) is 180 Å². The summed E-state index contributed by atoms with van der Waals surface area (Å²) in [5.74, 6) is 1.21. The van der Waals surface area contributed by atoms with Gasteiger partial charge >= 0.3 is 0 Å². The van der Waals surface area contributed by atoms with Gasteiger partial charge in [-0.15, -0.1) is 0 Å². The van der Waals surface area contributed by atoms with E-state index in [1.54, 1.807) is 7.11 Å². The summed E-state index contributed by atoms with van der Waals surface area (Å²) in [7, 11) is -2.29. The topological polar surface area (TPSA) is 75.6 Å². The zero-order valence-electron chi connectivity index (χ0n) is 38.1. The van der Waals surface area contributed by atoms with E-state index in [-0.39, 0.29) is 40.6 Å². The van der Waals surface area contributed by atoms with Crippen molar-refractivity contribution >= 4 is 16.6 Å². The van der Waals surface area contributed by atoms with E-state index in [1.807, 2.05) is 30.3 Å². The zero-order chi connectivity index (χ0) is 42.4. The van der Waals surface area contributed by atoms with Gasteiger partial charge in [0.25, 0.3) is 0 Å². The van der Waals surface area contributed by atoms with E-state index < -0.39 is 22.7 Å². The molecule has 57 heavy (non-hydrogen) atoms. The normalized spacial score (nSPS) is 22.1. The van der Waals surface area contributed by atoms with E-state index in [2.05, 4.69) is 125 Å². The molecule has 1 N–H and O–H groups in total. The van der Waals surface area contributed by atoms with Crippen molar-refractivity contribution in [3.8, 4) is 5.75 Å². The molecule has 7 nitrogen and oxygen atoms in total. The second-order valence-corrected chi connectivity index (χ2v) is 29.2. The van der Waals surface area contributed by atoms with Crippen LogP contribution in [0.3, 0.4) is 0 Å². The Balaban J connectivity index is 1.62. The first kappa shape index (κ1) is 49.3. The van der Waals surface area contributed by atoms with Crippen LogP contribution in [0.4, 0.5) is 0 Å². The molecular weight excluding hydrogens is 745 g/mol. The summed E-state index contributed by atoms with van der Waals surface area (Å²) in [4.78, 5) is 0. The molecule has 0 radical (unpaired) electrons. The first-order chi connectivity index (χ1) is 26.6. The van der Waals surface area contributed by atoms with Crippen molar-refractivity contribution in [3.63, 3.8) is 0 Å². The molecule has 7 atom stereocenters. The lowest BCUT2D eigenvalue weighted by molar-refractivity contribution is -0.0204. The molecule has 2 aliphatic heterocycles. The minimum absolute atomic E-state index is 0.00285. The van der Waals surface area contributed by atoms with Crippen LogP contribution in [0.5, 0.6) is 5.75 Å². The van der Waals surface area contributed by atoms with Crippen LogP contribution in [0.1, 0.15) is 106 Å². The molecular formula is C48H80O7Si2. The Hall–Kier alpha value is -2.09. The van der Waals surface area contributed by atoms with Crippen molar-refractivity contribution in [1.29, 1.82) is 0 Å². The highest BCUT2D eigenvalue weighted by atomic mass is 28.4. The van der Waals surface area contributed by atoms with Gasteiger partial charge in [-0.25, -0.2) is 0 Å². The zero-order valence-corrected chi connectivity index (χ0v) is 40.1. The number of rotatable bonds is 22. The summed E-state index contributed by atoms with van der Waals surface area (Å²) in [5.41, 5.74) is 3.45. The summed E-state index contributed by atoms with van der Waals surface area (Å²) in [6, 6.07) is 7.99. The van der Waals surface area contributed by atoms with Gasteiger partial charge in [0.05, 0.1) is 56.9 Å². The minimum Gasteiger partial charge on any atom is -0.497 e. The predicted molar refractivity (Wildman–Crippen MR) is 243 cm³/mol. The predicted octanol–water partition coefficient (Wildman–Crippen LogP) is 12.1. The van der Waals surface area contributed by atoms with Gasteiger partial charge in [0.2, 0.25) is 0 Å². The van der Waals surface area contributed by atoms with E-state index in [9.17, 15) is 5.11 Å². The molecule has 2 unspecified atom stereocenters. The quantitative estimate of drug-likeness (QED) is 0.0922. The molecule has 9 heteroatoms. The van der Waals surface area contributed by atoms with Gasteiger partial charge in [-0.1, -0.05) is 121 Å². The van der Waals surface area contributed by atoms with E-state index in [4.69, 9.17) is 27.8 Å². The molecule has 0 saturated carbocycles. The maximum atomic E-state index is 11.2. The second kappa shape index (κ2) is 22.5. The van der Waals surface area contributed by atoms with Crippen LogP contribution in [0, 0.1) is 5.92 Å². The molecule has 1 aromatic carbocycles. The summed E-state index contributed by atoms with van der Waals surface area (Å²) >= 11 is 0. The van der Waals surface area contributed by atoms with Crippen LogP contribution in [0.2, 0.25) is 36.3 Å². The molecule has 0 aromatic heterocycles. The molecule has 2 heterocycles. The Morgan fingerprint density at radius 2 is 1.68 bits per heavy atom. The SMILES string of the molecule is C=C(CC(O)/C=C/C[C@H](OCc1ccc(OC)cc1)C(/C=C/[C@@H]1CC(C)=CCO1)O[Si](C)(C)C(C)(C)C)C[C@H](C)C[C@@H]1CC=C[C@@H](CCO[Si](C)(C)C(C)(C)C)O1. The van der Waals surface area contributed by atoms with Crippen molar-refractivity contribution in [1.82, 2.24) is 0 Å². The summed E-state index contributed by atoms with van der Waals surface area (Å²) in [6.07, 6.45) is 19.6. The molecule has 0 bridgehead atoms. The van der Waals surface area contributed by atoms with Gasteiger partial charge in [-0.2, -0.15) is 0 Å². The van der Waals surface area contributed by atoms with Gasteiger partial charge in [-0.3, -0.25) is 0 Å². The first-order valence-electron chi connectivity index (χ1n) is 21.4. The van der Waals surface area contributed by atoms with Crippen molar-refractivity contribution < 1.29 is 32.9 Å². The molecule has 322 valence electrons. The third-order valence-corrected chi connectivity index (χ3v) is 21.3. The highest BCUT2D eigenvalue weighted by molar-refractivity contribution is 6.74. The maximum absolute atomic E-state index is 11.2.